The molecule has 2 nitrogen and oxygen atoms in total. The van der Waals surface area contributed by atoms with Crippen molar-refractivity contribution in [2.24, 2.45) is 0 Å². The minimum Gasteiger partial charge on any atom is -0.388 e. The van der Waals surface area contributed by atoms with Crippen molar-refractivity contribution >= 4 is 23.5 Å². The van der Waals surface area contributed by atoms with Crippen LogP contribution < -0.4 is 10.2 Å². The summed E-state index contributed by atoms with van der Waals surface area (Å²) < 4.78 is 0. The number of hydrogen-bond acceptors (Lipinski definition) is 2. The van der Waals surface area contributed by atoms with Crippen LogP contribution in [0.3, 0.4) is 0 Å². The molecule has 21 heavy (non-hydrogen) atoms. The van der Waals surface area contributed by atoms with E-state index >= 15 is 0 Å². The molecule has 2 aromatic carbocycles. The second-order valence-electron chi connectivity index (χ2n) is 5.25. The summed E-state index contributed by atoms with van der Waals surface area (Å²) >= 11 is 0. The lowest BCUT2D eigenvalue weighted by Crippen LogP contribution is -2.30. The Kier molecular flexibility index (Phi) is 3.78. The van der Waals surface area contributed by atoms with Gasteiger partial charge in [-0.1, -0.05) is 54.6 Å². The predicted molar refractivity (Wildman–Crippen MR) is 92.7 cm³/mol. The molecule has 2 aromatic rings. The van der Waals surface area contributed by atoms with Gasteiger partial charge in [0.25, 0.3) is 0 Å². The molecule has 1 atom stereocenters. The van der Waals surface area contributed by atoms with E-state index < -0.39 is 0 Å². The zero-order valence-electron chi connectivity index (χ0n) is 12.5. The molecule has 0 radical (unpaired) electrons. The van der Waals surface area contributed by atoms with E-state index in [9.17, 15) is 0 Å². The second-order valence-corrected chi connectivity index (χ2v) is 5.25. The van der Waals surface area contributed by atoms with Gasteiger partial charge in [-0.25, -0.2) is 0 Å². The number of likely N-dealkylation sites (N-methyl/N-ethyl adjacent to an activating group) is 1. The fourth-order valence-corrected chi connectivity index (χ4v) is 2.61. The molecule has 0 aromatic heterocycles. The highest BCUT2D eigenvalue weighted by atomic mass is 15.1. The number of nitrogens with zero attached hydrogens (tertiary/aromatic N) is 1. The maximum absolute atomic E-state index is 3.13. The largest absolute Gasteiger partial charge is 0.388 e. The van der Waals surface area contributed by atoms with E-state index in [0.717, 1.165) is 5.69 Å². The highest BCUT2D eigenvalue weighted by Gasteiger charge is 2.15. The Morgan fingerprint density at radius 1 is 1.05 bits per heavy atom. The van der Waals surface area contributed by atoms with E-state index in [1.54, 1.807) is 0 Å². The molecule has 0 aliphatic carbocycles. The highest BCUT2D eigenvalue weighted by molar-refractivity contribution is 5.73. The van der Waals surface area contributed by atoms with Gasteiger partial charge in [0.15, 0.2) is 0 Å². The first-order valence-corrected chi connectivity index (χ1v) is 7.24. The fourth-order valence-electron chi connectivity index (χ4n) is 2.61. The van der Waals surface area contributed by atoms with Crippen LogP contribution in [0.25, 0.3) is 12.2 Å². The van der Waals surface area contributed by atoms with Gasteiger partial charge in [0.05, 0.1) is 6.04 Å². The molecule has 1 heterocycles. The number of fused-ring (bicyclic) bond motifs is 1. The maximum atomic E-state index is 3.13. The summed E-state index contributed by atoms with van der Waals surface area (Å²) in [5.74, 6) is 0. The number of rotatable bonds is 3. The quantitative estimate of drug-likeness (QED) is 0.900. The normalized spacial score (nSPS) is 17.0. The average Bonchev–Trinajstić information content (AvgIpc) is 2.55. The Morgan fingerprint density at radius 3 is 2.57 bits per heavy atom. The number of nitrogens with one attached hydrogen (secondary N) is 1. The lowest BCUT2D eigenvalue weighted by atomic mass is 10.0. The molecule has 1 N–H and O–H groups in total. The summed E-state index contributed by atoms with van der Waals surface area (Å²) in [7, 11) is 4.07. The number of anilines is 2. The summed E-state index contributed by atoms with van der Waals surface area (Å²) in [5.41, 5.74) is 4.91. The van der Waals surface area contributed by atoms with E-state index in [1.165, 1.54) is 16.8 Å². The fraction of sp³-hybridized carbons (Fsp3) is 0.158. The predicted octanol–water partition coefficient (Wildman–Crippen LogP) is 4.27. The third-order valence-corrected chi connectivity index (χ3v) is 3.92. The number of benzene rings is 2. The molecule has 3 rings (SSSR count). The maximum Gasteiger partial charge on any atom is 0.0660 e. The smallest absolute Gasteiger partial charge is 0.0660 e. The van der Waals surface area contributed by atoms with Gasteiger partial charge in [-0.05, 0) is 29.3 Å². The molecule has 0 bridgehead atoms. The minimum absolute atomic E-state index is 0.295. The van der Waals surface area contributed by atoms with Crippen LogP contribution in [-0.4, -0.2) is 20.1 Å². The second kappa shape index (κ2) is 5.88. The van der Waals surface area contributed by atoms with E-state index in [1.807, 2.05) is 7.05 Å². The molecular weight excluding hydrogens is 256 g/mol. The van der Waals surface area contributed by atoms with Gasteiger partial charge in [-0.2, -0.15) is 0 Å². The summed E-state index contributed by atoms with van der Waals surface area (Å²) in [4.78, 5) is 2.30. The van der Waals surface area contributed by atoms with Crippen LogP contribution in [0.1, 0.15) is 11.1 Å². The number of para-hydroxylation sites is 1. The summed E-state index contributed by atoms with van der Waals surface area (Å²) in [6.45, 7) is 0. The topological polar surface area (TPSA) is 15.3 Å². The third-order valence-electron chi connectivity index (χ3n) is 3.92. The summed E-state index contributed by atoms with van der Waals surface area (Å²) in [6.07, 6.45) is 8.86. The van der Waals surface area contributed by atoms with Crippen LogP contribution in [0, 0.1) is 0 Å². The Labute approximate surface area is 126 Å². The van der Waals surface area contributed by atoms with Gasteiger partial charge in [-0.15, -0.1) is 0 Å². The molecule has 0 saturated heterocycles. The van der Waals surface area contributed by atoms with Gasteiger partial charge in [0, 0.05) is 25.5 Å². The van der Waals surface area contributed by atoms with Crippen molar-refractivity contribution in [3.8, 4) is 0 Å². The molecule has 1 aliphatic rings. The molecule has 1 unspecified atom stereocenters. The number of hydrogen-bond donors (Lipinski definition) is 1. The van der Waals surface area contributed by atoms with Crippen molar-refractivity contribution < 1.29 is 0 Å². The van der Waals surface area contributed by atoms with Crippen LogP contribution in [0.4, 0.5) is 11.4 Å². The van der Waals surface area contributed by atoms with Crippen molar-refractivity contribution in [2.45, 2.75) is 6.04 Å². The molecule has 0 fully saturated rings. The average molecular weight is 276 g/mol. The first-order valence-electron chi connectivity index (χ1n) is 7.24. The van der Waals surface area contributed by atoms with E-state index in [4.69, 9.17) is 0 Å². The zero-order valence-corrected chi connectivity index (χ0v) is 12.5. The van der Waals surface area contributed by atoms with Crippen molar-refractivity contribution in [3.63, 3.8) is 0 Å². The zero-order chi connectivity index (χ0) is 14.7. The molecular formula is C19H20N2. The molecule has 0 spiro atoms. The molecule has 0 saturated carbocycles. The van der Waals surface area contributed by atoms with E-state index in [2.05, 4.69) is 90.1 Å². The Morgan fingerprint density at radius 2 is 1.81 bits per heavy atom. The van der Waals surface area contributed by atoms with Crippen LogP contribution >= 0.6 is 0 Å². The molecule has 0 amide bonds. The summed E-state index contributed by atoms with van der Waals surface area (Å²) in [6, 6.07) is 17.2. The van der Waals surface area contributed by atoms with Gasteiger partial charge in [-0.3, -0.25) is 0 Å². The van der Waals surface area contributed by atoms with Crippen molar-refractivity contribution in [1.82, 2.24) is 0 Å². The molecule has 2 heteroatoms. The van der Waals surface area contributed by atoms with E-state index in [-0.39, 0.29) is 0 Å². The van der Waals surface area contributed by atoms with Gasteiger partial charge >= 0.3 is 0 Å². The first-order chi connectivity index (χ1) is 10.3. The van der Waals surface area contributed by atoms with Crippen LogP contribution in [0.5, 0.6) is 0 Å². The Hall–Kier alpha value is -2.48. The van der Waals surface area contributed by atoms with E-state index in [0.29, 0.717) is 6.04 Å². The third kappa shape index (κ3) is 2.84. The monoisotopic (exact) mass is 276 g/mol. The molecule has 106 valence electrons. The van der Waals surface area contributed by atoms with Crippen molar-refractivity contribution in [3.05, 3.63) is 71.8 Å². The standard InChI is InChI=1S/C19H20N2/c1-20-17-11-7-15(8-12-17)9-13-18-14-10-16-5-3-4-6-19(16)21(18)2/h3-14,18,20H,1-2H3. The van der Waals surface area contributed by atoms with Gasteiger partial charge in [0.2, 0.25) is 0 Å². The Bertz CT molecular complexity index is 668. The SMILES string of the molecule is CNc1ccc(C=CC2C=Cc3ccccc3N2C)cc1. The van der Waals surface area contributed by atoms with Crippen molar-refractivity contribution in [2.75, 3.05) is 24.3 Å². The van der Waals surface area contributed by atoms with Gasteiger partial charge in [0.1, 0.15) is 0 Å². The lowest BCUT2D eigenvalue weighted by Gasteiger charge is -2.30. The van der Waals surface area contributed by atoms with Crippen LogP contribution in [0.15, 0.2) is 60.7 Å². The van der Waals surface area contributed by atoms with Gasteiger partial charge < -0.3 is 10.2 Å². The van der Waals surface area contributed by atoms with Crippen LogP contribution in [-0.2, 0) is 0 Å². The lowest BCUT2D eigenvalue weighted by molar-refractivity contribution is 0.889. The first kappa shape index (κ1) is 13.5. The van der Waals surface area contributed by atoms with Crippen molar-refractivity contribution in [1.29, 1.82) is 0 Å². The molecule has 1 aliphatic heterocycles. The van der Waals surface area contributed by atoms with Crippen LogP contribution in [0.2, 0.25) is 0 Å². The minimum atomic E-state index is 0.295. The highest BCUT2D eigenvalue weighted by Crippen LogP contribution is 2.28. The summed E-state index contributed by atoms with van der Waals surface area (Å²) in [5, 5.41) is 3.13. The Balaban J connectivity index is 1.78.